The van der Waals surface area contributed by atoms with Crippen LogP contribution in [-0.4, -0.2) is 41.4 Å². The van der Waals surface area contributed by atoms with Gasteiger partial charge in [-0.1, -0.05) is 109 Å². The van der Waals surface area contributed by atoms with Crippen molar-refractivity contribution < 1.29 is 14.9 Å². The van der Waals surface area contributed by atoms with E-state index in [-0.39, 0.29) is 11.8 Å². The minimum absolute atomic E-state index is 0.0642. The van der Waals surface area contributed by atoms with Crippen molar-refractivity contribution in [3.8, 4) is 5.75 Å². The Morgan fingerprint density at radius 2 is 1.26 bits per heavy atom. The molecule has 0 bridgehead atoms. The number of hydrogen-bond acceptors (Lipinski definition) is 4. The molecule has 1 saturated heterocycles. The lowest BCUT2D eigenvalue weighted by atomic mass is 9.51. The fraction of sp³-hybridized carbons (Fsp3) is 0.294. The standard InChI is InChI=1S/C34H35NO3/c1-38-31-20-12-11-19-28(31)34(37)30-24-35(22-25-13-5-2-6-14-25)23-29(30)33(21-32(34)36,26-15-7-3-8-16-26)27-17-9-4-10-18-27/h2-20,29-30,32,36-37H,21-24H2,1H3. The zero-order chi connectivity index (χ0) is 26.2. The molecule has 4 unspecified atom stereocenters. The largest absolute Gasteiger partial charge is 0.496 e. The van der Waals surface area contributed by atoms with Crippen LogP contribution >= 0.6 is 0 Å². The van der Waals surface area contributed by atoms with E-state index in [1.165, 1.54) is 16.7 Å². The Kier molecular flexibility index (Phi) is 6.56. The van der Waals surface area contributed by atoms with Crippen LogP contribution in [0, 0.1) is 11.8 Å². The van der Waals surface area contributed by atoms with Crippen LogP contribution in [-0.2, 0) is 17.6 Å². The molecule has 1 heterocycles. The molecule has 1 aliphatic carbocycles. The normalized spacial score (nSPS) is 26.6. The maximum atomic E-state index is 12.6. The number of methoxy groups -OCH3 is 1. The number of para-hydroxylation sites is 1. The summed E-state index contributed by atoms with van der Waals surface area (Å²) in [6.07, 6.45) is -0.576. The van der Waals surface area contributed by atoms with Gasteiger partial charge in [0.05, 0.1) is 13.2 Å². The lowest BCUT2D eigenvalue weighted by molar-refractivity contribution is -0.168. The predicted octanol–water partition coefficient (Wildman–Crippen LogP) is 5.38. The van der Waals surface area contributed by atoms with E-state index in [1.807, 2.05) is 42.5 Å². The van der Waals surface area contributed by atoms with Crippen molar-refractivity contribution in [3.05, 3.63) is 138 Å². The van der Waals surface area contributed by atoms with E-state index in [1.54, 1.807) is 7.11 Å². The van der Waals surface area contributed by atoms with Gasteiger partial charge in [0.25, 0.3) is 0 Å². The first-order valence-corrected chi connectivity index (χ1v) is 13.5. The monoisotopic (exact) mass is 505 g/mol. The Balaban J connectivity index is 1.53. The van der Waals surface area contributed by atoms with Crippen LogP contribution in [0.3, 0.4) is 0 Å². The van der Waals surface area contributed by atoms with Gasteiger partial charge in [-0.25, -0.2) is 0 Å². The van der Waals surface area contributed by atoms with Crippen molar-refractivity contribution in [3.63, 3.8) is 0 Å². The van der Waals surface area contributed by atoms with Crippen LogP contribution < -0.4 is 4.74 Å². The lowest BCUT2D eigenvalue weighted by Gasteiger charge is -2.55. The summed E-state index contributed by atoms with van der Waals surface area (Å²) in [5.74, 6) is 0.460. The van der Waals surface area contributed by atoms with Gasteiger partial charge in [-0.05, 0) is 35.1 Å². The first-order chi connectivity index (χ1) is 18.6. The van der Waals surface area contributed by atoms with Crippen molar-refractivity contribution in [2.75, 3.05) is 20.2 Å². The Morgan fingerprint density at radius 3 is 1.87 bits per heavy atom. The minimum Gasteiger partial charge on any atom is -0.496 e. The number of benzene rings is 4. The Labute approximate surface area is 225 Å². The summed E-state index contributed by atoms with van der Waals surface area (Å²) in [5, 5.41) is 24.7. The second-order valence-electron chi connectivity index (χ2n) is 10.8. The first-order valence-electron chi connectivity index (χ1n) is 13.5. The Bertz CT molecular complexity index is 1320. The molecule has 0 amide bonds. The molecule has 4 atom stereocenters. The van der Waals surface area contributed by atoms with E-state index in [0.29, 0.717) is 24.3 Å². The van der Waals surface area contributed by atoms with Crippen molar-refractivity contribution in [2.24, 2.45) is 11.8 Å². The second kappa shape index (κ2) is 10.0. The van der Waals surface area contributed by atoms with Gasteiger partial charge in [0, 0.05) is 36.5 Å². The van der Waals surface area contributed by atoms with Gasteiger partial charge in [0.1, 0.15) is 11.4 Å². The average Bonchev–Trinajstić information content (AvgIpc) is 3.41. The topological polar surface area (TPSA) is 52.9 Å². The summed E-state index contributed by atoms with van der Waals surface area (Å²) >= 11 is 0. The summed E-state index contributed by atoms with van der Waals surface area (Å²) in [6, 6.07) is 39.3. The minimum atomic E-state index is -1.45. The van der Waals surface area contributed by atoms with Crippen LogP contribution in [0.5, 0.6) is 5.75 Å². The number of aliphatic hydroxyl groups excluding tert-OH is 1. The van der Waals surface area contributed by atoms with Crippen LogP contribution in [0.1, 0.15) is 28.7 Å². The molecule has 0 aromatic heterocycles. The third-order valence-corrected chi connectivity index (χ3v) is 8.98. The maximum absolute atomic E-state index is 12.6. The summed E-state index contributed by atoms with van der Waals surface area (Å²) in [4.78, 5) is 2.45. The van der Waals surface area contributed by atoms with E-state index in [2.05, 4.69) is 77.7 Å². The molecule has 4 nitrogen and oxygen atoms in total. The van der Waals surface area contributed by atoms with E-state index >= 15 is 0 Å². The number of rotatable bonds is 6. The van der Waals surface area contributed by atoms with Crippen molar-refractivity contribution in [2.45, 2.75) is 30.1 Å². The zero-order valence-corrected chi connectivity index (χ0v) is 21.8. The molecule has 1 saturated carbocycles. The van der Waals surface area contributed by atoms with E-state index < -0.39 is 17.1 Å². The number of likely N-dealkylation sites (tertiary alicyclic amines) is 1. The molecule has 2 N–H and O–H groups in total. The summed E-state index contributed by atoms with van der Waals surface area (Å²) < 4.78 is 5.72. The number of hydrogen-bond donors (Lipinski definition) is 2. The van der Waals surface area contributed by atoms with Crippen LogP contribution in [0.25, 0.3) is 0 Å². The van der Waals surface area contributed by atoms with Gasteiger partial charge in [-0.3, -0.25) is 4.90 Å². The van der Waals surface area contributed by atoms with Gasteiger partial charge >= 0.3 is 0 Å². The highest BCUT2D eigenvalue weighted by Gasteiger charge is 2.64. The first kappa shape index (κ1) is 24.9. The molecule has 38 heavy (non-hydrogen) atoms. The third-order valence-electron chi connectivity index (χ3n) is 8.98. The van der Waals surface area contributed by atoms with Gasteiger partial charge in [0.15, 0.2) is 0 Å². The molecule has 1 aliphatic heterocycles. The Morgan fingerprint density at radius 1 is 0.737 bits per heavy atom. The molecular weight excluding hydrogens is 470 g/mol. The molecular formula is C34H35NO3. The van der Waals surface area contributed by atoms with Crippen molar-refractivity contribution in [1.82, 2.24) is 4.90 Å². The summed E-state index contributed by atoms with van der Waals surface area (Å²) in [7, 11) is 1.63. The highest BCUT2D eigenvalue weighted by Crippen LogP contribution is 2.60. The van der Waals surface area contributed by atoms with Gasteiger partial charge in [-0.15, -0.1) is 0 Å². The number of nitrogens with zero attached hydrogens (tertiary/aromatic N) is 1. The van der Waals surface area contributed by atoms with Crippen LogP contribution in [0.2, 0.25) is 0 Å². The highest BCUT2D eigenvalue weighted by atomic mass is 16.5. The molecule has 194 valence electrons. The second-order valence-corrected chi connectivity index (χ2v) is 10.8. The number of ether oxygens (including phenoxy) is 1. The SMILES string of the molecule is COc1ccccc1C1(O)C(O)CC(c2ccccc2)(c2ccccc2)C2CN(Cc3ccccc3)CC21. The van der Waals surface area contributed by atoms with Gasteiger partial charge < -0.3 is 14.9 Å². The maximum Gasteiger partial charge on any atom is 0.125 e. The number of aliphatic hydroxyl groups is 2. The third kappa shape index (κ3) is 3.95. The number of fused-ring (bicyclic) bond motifs is 1. The average molecular weight is 506 g/mol. The van der Waals surface area contributed by atoms with Crippen molar-refractivity contribution >= 4 is 0 Å². The molecule has 4 aromatic rings. The van der Waals surface area contributed by atoms with E-state index in [9.17, 15) is 10.2 Å². The summed E-state index contributed by atoms with van der Waals surface area (Å²) in [6.45, 7) is 2.28. The molecule has 2 aliphatic rings. The molecule has 0 radical (unpaired) electrons. The van der Waals surface area contributed by atoms with E-state index in [0.717, 1.165) is 13.1 Å². The van der Waals surface area contributed by atoms with Crippen molar-refractivity contribution in [1.29, 1.82) is 0 Å². The molecule has 4 aromatic carbocycles. The molecule has 4 heteroatoms. The van der Waals surface area contributed by atoms with Gasteiger partial charge in [0.2, 0.25) is 0 Å². The van der Waals surface area contributed by atoms with Gasteiger partial charge in [-0.2, -0.15) is 0 Å². The zero-order valence-electron chi connectivity index (χ0n) is 21.8. The smallest absolute Gasteiger partial charge is 0.125 e. The fourth-order valence-corrected chi connectivity index (χ4v) is 7.32. The van der Waals surface area contributed by atoms with Crippen LogP contribution in [0.4, 0.5) is 0 Å². The molecule has 2 fully saturated rings. The summed E-state index contributed by atoms with van der Waals surface area (Å²) in [5.41, 5.74) is 2.38. The quantitative estimate of drug-likeness (QED) is 0.369. The Hall–Kier alpha value is -3.44. The molecule has 0 spiro atoms. The molecule has 6 rings (SSSR count). The van der Waals surface area contributed by atoms with E-state index in [4.69, 9.17) is 4.74 Å². The lowest BCUT2D eigenvalue weighted by Crippen LogP contribution is -2.60. The predicted molar refractivity (Wildman–Crippen MR) is 150 cm³/mol. The highest BCUT2D eigenvalue weighted by molar-refractivity contribution is 5.47. The fourth-order valence-electron chi connectivity index (χ4n) is 7.32. The van der Waals surface area contributed by atoms with Crippen LogP contribution in [0.15, 0.2) is 115 Å².